The van der Waals surface area contributed by atoms with Crippen molar-refractivity contribution in [2.45, 2.75) is 43.8 Å². The molecule has 0 spiro atoms. The van der Waals surface area contributed by atoms with Gasteiger partial charge in [-0.1, -0.05) is 87.5 Å². The third kappa shape index (κ3) is 3.80. The number of sulfonamides is 1. The van der Waals surface area contributed by atoms with E-state index in [0.717, 1.165) is 11.1 Å². The average molecular weight is 407 g/mol. The third-order valence-electron chi connectivity index (χ3n) is 5.33. The van der Waals surface area contributed by atoms with Crippen molar-refractivity contribution in [1.82, 2.24) is 4.31 Å². The van der Waals surface area contributed by atoms with E-state index in [2.05, 4.69) is 38.2 Å². The van der Waals surface area contributed by atoms with Gasteiger partial charge in [-0.2, -0.15) is 4.31 Å². The van der Waals surface area contributed by atoms with Crippen molar-refractivity contribution in [2.24, 2.45) is 0 Å². The van der Waals surface area contributed by atoms with Gasteiger partial charge in [-0.3, -0.25) is 0 Å². The molecule has 1 aliphatic heterocycles. The lowest BCUT2D eigenvalue weighted by Gasteiger charge is -2.37. The van der Waals surface area contributed by atoms with Crippen LogP contribution in [0.5, 0.6) is 0 Å². The lowest BCUT2D eigenvalue weighted by Crippen LogP contribution is -2.42. The first-order valence-electron chi connectivity index (χ1n) is 9.78. The zero-order valence-electron chi connectivity index (χ0n) is 17.0. The summed E-state index contributed by atoms with van der Waals surface area (Å²) in [5, 5.41) is 3.44. The molecule has 4 rings (SSSR count). The van der Waals surface area contributed by atoms with Gasteiger partial charge in [0, 0.05) is 6.54 Å². The Bertz CT molecular complexity index is 1100. The largest absolute Gasteiger partial charge is 0.364 e. The Kier molecular flexibility index (Phi) is 4.97. The molecule has 4 nitrogen and oxygen atoms in total. The number of benzene rings is 3. The molecule has 1 heterocycles. The van der Waals surface area contributed by atoms with Gasteiger partial charge in [-0.15, -0.1) is 0 Å². The molecule has 0 fully saturated rings. The highest BCUT2D eigenvalue weighted by atomic mass is 32.2. The molecule has 0 bridgehead atoms. The number of hydrogen-bond donors (Lipinski definition) is 1. The van der Waals surface area contributed by atoms with Crippen molar-refractivity contribution in [3.63, 3.8) is 0 Å². The van der Waals surface area contributed by atoms with Gasteiger partial charge in [0.2, 0.25) is 10.0 Å². The molecule has 1 atom stereocenters. The molecule has 29 heavy (non-hydrogen) atoms. The van der Waals surface area contributed by atoms with Crippen LogP contribution in [0.2, 0.25) is 0 Å². The predicted molar refractivity (Wildman–Crippen MR) is 117 cm³/mol. The minimum absolute atomic E-state index is 0.0426. The lowest BCUT2D eigenvalue weighted by molar-refractivity contribution is 0.336. The summed E-state index contributed by atoms with van der Waals surface area (Å²) in [4.78, 5) is 0.318. The highest BCUT2D eigenvalue weighted by molar-refractivity contribution is 7.89. The zero-order chi connectivity index (χ0) is 20.6. The van der Waals surface area contributed by atoms with Gasteiger partial charge in [0.25, 0.3) is 0 Å². The van der Waals surface area contributed by atoms with Crippen LogP contribution in [0.1, 0.15) is 43.6 Å². The molecule has 0 saturated heterocycles. The van der Waals surface area contributed by atoms with Crippen LogP contribution in [0.3, 0.4) is 0 Å². The van der Waals surface area contributed by atoms with E-state index < -0.39 is 16.2 Å². The number of nitrogens with one attached hydrogen (secondary N) is 1. The number of anilines is 1. The topological polar surface area (TPSA) is 49.4 Å². The maximum Gasteiger partial charge on any atom is 0.247 e. The van der Waals surface area contributed by atoms with Crippen molar-refractivity contribution in [2.75, 3.05) is 5.32 Å². The van der Waals surface area contributed by atoms with Gasteiger partial charge >= 0.3 is 0 Å². The summed E-state index contributed by atoms with van der Waals surface area (Å²) >= 11 is 0. The third-order valence-corrected chi connectivity index (χ3v) is 7.20. The Labute approximate surface area is 173 Å². The van der Waals surface area contributed by atoms with Crippen LogP contribution in [0.25, 0.3) is 0 Å². The quantitative estimate of drug-likeness (QED) is 0.642. The SMILES string of the molecule is CC(C)(C)c1ccc([C@H]2Nc3ccccc3S(=O)(=O)N2Cc2ccccc2)cc1. The number of hydrogen-bond acceptors (Lipinski definition) is 3. The van der Waals surface area contributed by atoms with Crippen molar-refractivity contribution in [3.8, 4) is 0 Å². The summed E-state index contributed by atoms with van der Waals surface area (Å²) in [7, 11) is -3.65. The van der Waals surface area contributed by atoms with Crippen LogP contribution in [0.15, 0.2) is 83.8 Å². The molecule has 0 aliphatic carbocycles. The fourth-order valence-electron chi connectivity index (χ4n) is 3.65. The minimum atomic E-state index is -3.65. The fraction of sp³-hybridized carbons (Fsp3) is 0.250. The molecule has 150 valence electrons. The first kappa shape index (κ1) is 19.7. The van der Waals surface area contributed by atoms with E-state index in [4.69, 9.17) is 0 Å². The van der Waals surface area contributed by atoms with Crippen LogP contribution < -0.4 is 5.32 Å². The molecule has 0 amide bonds. The summed E-state index contributed by atoms with van der Waals surface area (Å²) in [5.41, 5.74) is 3.78. The Morgan fingerprint density at radius 1 is 0.862 bits per heavy atom. The molecule has 3 aromatic rings. The van der Waals surface area contributed by atoms with E-state index in [1.807, 2.05) is 54.6 Å². The predicted octanol–water partition coefficient (Wildman–Crippen LogP) is 5.30. The second-order valence-electron chi connectivity index (χ2n) is 8.45. The highest BCUT2D eigenvalue weighted by Crippen LogP contribution is 2.39. The number of fused-ring (bicyclic) bond motifs is 1. The van der Waals surface area contributed by atoms with Gasteiger partial charge in [-0.25, -0.2) is 8.42 Å². The molecule has 0 unspecified atom stereocenters. The van der Waals surface area contributed by atoms with Gasteiger partial charge in [0.05, 0.1) is 5.69 Å². The molecular weight excluding hydrogens is 380 g/mol. The fourth-order valence-corrected chi connectivity index (χ4v) is 5.33. The summed E-state index contributed by atoms with van der Waals surface area (Å²) in [6.07, 6.45) is -0.468. The summed E-state index contributed by atoms with van der Waals surface area (Å²) in [6.45, 7) is 6.81. The lowest BCUT2D eigenvalue weighted by atomic mass is 9.86. The maximum atomic E-state index is 13.5. The Morgan fingerprint density at radius 2 is 1.48 bits per heavy atom. The smallest absolute Gasteiger partial charge is 0.247 e. The molecule has 0 aromatic heterocycles. The molecule has 0 saturated carbocycles. The second kappa shape index (κ2) is 7.32. The molecule has 0 radical (unpaired) electrons. The van der Waals surface area contributed by atoms with Crippen molar-refractivity contribution in [3.05, 3.63) is 95.6 Å². The average Bonchev–Trinajstić information content (AvgIpc) is 2.70. The molecule has 3 aromatic carbocycles. The van der Waals surface area contributed by atoms with E-state index in [1.165, 1.54) is 5.56 Å². The molecule has 5 heteroatoms. The van der Waals surface area contributed by atoms with Gasteiger partial charge in [-0.05, 0) is 34.2 Å². The monoisotopic (exact) mass is 406 g/mol. The van der Waals surface area contributed by atoms with Crippen LogP contribution in [0.4, 0.5) is 5.69 Å². The zero-order valence-corrected chi connectivity index (χ0v) is 17.8. The van der Waals surface area contributed by atoms with E-state index in [0.29, 0.717) is 17.1 Å². The molecule has 1 aliphatic rings. The van der Waals surface area contributed by atoms with Crippen LogP contribution in [-0.4, -0.2) is 12.7 Å². The van der Waals surface area contributed by atoms with Gasteiger partial charge in [0.15, 0.2) is 0 Å². The number of para-hydroxylation sites is 1. The summed E-state index contributed by atoms with van der Waals surface area (Å²) in [6, 6.07) is 25.0. The maximum absolute atomic E-state index is 13.5. The van der Waals surface area contributed by atoms with Crippen LogP contribution in [-0.2, 0) is 22.0 Å². The van der Waals surface area contributed by atoms with Crippen LogP contribution in [0, 0.1) is 0 Å². The summed E-state index contributed by atoms with van der Waals surface area (Å²) < 4.78 is 28.6. The van der Waals surface area contributed by atoms with E-state index in [1.54, 1.807) is 16.4 Å². The standard InChI is InChI=1S/C24H26N2O2S/c1-24(2,3)20-15-13-19(14-16-20)23-25-21-11-7-8-12-22(21)29(27,28)26(23)17-18-9-5-4-6-10-18/h4-16,23,25H,17H2,1-3H3/t23-/m0/s1. The van der Waals surface area contributed by atoms with Crippen molar-refractivity contribution < 1.29 is 8.42 Å². The van der Waals surface area contributed by atoms with Gasteiger partial charge < -0.3 is 5.32 Å². The normalized spacial score (nSPS) is 18.7. The first-order valence-corrected chi connectivity index (χ1v) is 11.2. The van der Waals surface area contributed by atoms with E-state index >= 15 is 0 Å². The van der Waals surface area contributed by atoms with Gasteiger partial charge in [0.1, 0.15) is 11.1 Å². The Morgan fingerprint density at radius 3 is 2.14 bits per heavy atom. The van der Waals surface area contributed by atoms with Crippen molar-refractivity contribution in [1.29, 1.82) is 0 Å². The van der Waals surface area contributed by atoms with E-state index in [-0.39, 0.29) is 5.41 Å². The molecular formula is C24H26N2O2S. The Hall–Kier alpha value is -2.63. The highest BCUT2D eigenvalue weighted by Gasteiger charge is 2.38. The summed E-state index contributed by atoms with van der Waals surface area (Å²) in [5.74, 6) is 0. The number of nitrogens with zero attached hydrogens (tertiary/aromatic N) is 1. The Balaban J connectivity index is 1.79. The minimum Gasteiger partial charge on any atom is -0.364 e. The van der Waals surface area contributed by atoms with Crippen LogP contribution >= 0.6 is 0 Å². The number of rotatable bonds is 3. The second-order valence-corrected chi connectivity index (χ2v) is 10.3. The van der Waals surface area contributed by atoms with E-state index in [9.17, 15) is 8.42 Å². The van der Waals surface area contributed by atoms with Crippen molar-refractivity contribution >= 4 is 15.7 Å². The first-order chi connectivity index (χ1) is 13.8. The molecule has 1 N–H and O–H groups in total.